The first kappa shape index (κ1) is 13.1. The van der Waals surface area contributed by atoms with Gasteiger partial charge < -0.3 is 10.6 Å². The number of carbonyl (C=O) groups excluding carboxylic acids is 1. The molecule has 0 unspecified atom stereocenters. The van der Waals surface area contributed by atoms with Crippen molar-refractivity contribution in [2.24, 2.45) is 0 Å². The van der Waals surface area contributed by atoms with Crippen LogP contribution in [0.5, 0.6) is 0 Å². The fourth-order valence-electron chi connectivity index (χ4n) is 1.92. The molecule has 0 aliphatic rings. The van der Waals surface area contributed by atoms with Crippen LogP contribution in [0.25, 0.3) is 0 Å². The third kappa shape index (κ3) is 3.13. The van der Waals surface area contributed by atoms with Gasteiger partial charge in [-0.05, 0) is 30.2 Å². The molecule has 98 valence electrons. The van der Waals surface area contributed by atoms with Crippen molar-refractivity contribution in [3.8, 4) is 0 Å². The van der Waals surface area contributed by atoms with Crippen LogP contribution >= 0.6 is 0 Å². The van der Waals surface area contributed by atoms with Gasteiger partial charge in [-0.2, -0.15) is 0 Å². The number of nitrogen functional groups attached to an aromatic ring is 1. The second-order valence-electron chi connectivity index (χ2n) is 4.72. The first-order valence-corrected chi connectivity index (χ1v) is 6.23. The largest absolute Gasteiger partial charge is 0.398 e. The Bertz CT molecular complexity index is 579. The Morgan fingerprint density at radius 1 is 1.16 bits per heavy atom. The van der Waals surface area contributed by atoms with Gasteiger partial charge in [0.15, 0.2) is 0 Å². The van der Waals surface area contributed by atoms with Crippen LogP contribution in [0.1, 0.15) is 21.5 Å². The van der Waals surface area contributed by atoms with E-state index in [1.807, 2.05) is 49.4 Å². The summed E-state index contributed by atoms with van der Waals surface area (Å²) in [4.78, 5) is 14.0. The molecule has 0 aromatic heterocycles. The number of nitrogens with two attached hydrogens (primary N) is 1. The fourth-order valence-corrected chi connectivity index (χ4v) is 1.92. The highest BCUT2D eigenvalue weighted by Crippen LogP contribution is 2.15. The summed E-state index contributed by atoms with van der Waals surface area (Å²) >= 11 is 0. The van der Waals surface area contributed by atoms with Crippen LogP contribution in [0.4, 0.5) is 5.69 Å². The van der Waals surface area contributed by atoms with Crippen LogP contribution in [0.3, 0.4) is 0 Å². The van der Waals surface area contributed by atoms with E-state index >= 15 is 0 Å². The number of nitrogens with zero attached hydrogens (tertiary/aromatic N) is 1. The predicted octanol–water partition coefficient (Wildman–Crippen LogP) is 2.85. The second kappa shape index (κ2) is 5.57. The molecule has 2 aromatic rings. The average molecular weight is 254 g/mol. The smallest absolute Gasteiger partial charge is 0.253 e. The van der Waals surface area contributed by atoms with Crippen LogP contribution in [-0.4, -0.2) is 17.9 Å². The zero-order valence-corrected chi connectivity index (χ0v) is 11.3. The van der Waals surface area contributed by atoms with Gasteiger partial charge in [0.1, 0.15) is 0 Å². The van der Waals surface area contributed by atoms with Crippen LogP contribution in [0.15, 0.2) is 48.5 Å². The molecule has 0 heterocycles. The molecule has 2 rings (SSSR count). The molecule has 3 nitrogen and oxygen atoms in total. The lowest BCUT2D eigenvalue weighted by Gasteiger charge is -2.17. The average Bonchev–Trinajstić information content (AvgIpc) is 2.42. The lowest BCUT2D eigenvalue weighted by Crippen LogP contribution is -2.26. The molecule has 0 aliphatic carbocycles. The van der Waals surface area contributed by atoms with Crippen molar-refractivity contribution in [1.29, 1.82) is 0 Å². The van der Waals surface area contributed by atoms with E-state index in [0.29, 0.717) is 17.8 Å². The highest BCUT2D eigenvalue weighted by atomic mass is 16.2. The monoisotopic (exact) mass is 254 g/mol. The molecular weight excluding hydrogens is 236 g/mol. The third-order valence-electron chi connectivity index (χ3n) is 3.14. The van der Waals surface area contributed by atoms with Crippen LogP contribution < -0.4 is 5.73 Å². The summed E-state index contributed by atoms with van der Waals surface area (Å²) in [5.74, 6) is -0.0180. The van der Waals surface area contributed by atoms with E-state index in [2.05, 4.69) is 0 Å². The number of amides is 1. The molecule has 0 bridgehead atoms. The number of hydrogen-bond acceptors (Lipinski definition) is 2. The van der Waals surface area contributed by atoms with E-state index in [0.717, 1.165) is 11.1 Å². The Balaban J connectivity index is 2.12. The maximum Gasteiger partial charge on any atom is 0.253 e. The quantitative estimate of drug-likeness (QED) is 0.856. The lowest BCUT2D eigenvalue weighted by atomic mass is 10.1. The van der Waals surface area contributed by atoms with E-state index < -0.39 is 0 Å². The molecule has 0 spiro atoms. The summed E-state index contributed by atoms with van der Waals surface area (Å²) < 4.78 is 0. The van der Waals surface area contributed by atoms with E-state index in [4.69, 9.17) is 5.73 Å². The highest BCUT2D eigenvalue weighted by molar-refractivity contribution is 5.95. The number of aryl methyl sites for hydroxylation is 1. The van der Waals surface area contributed by atoms with Crippen LogP contribution in [0, 0.1) is 6.92 Å². The zero-order chi connectivity index (χ0) is 13.8. The Morgan fingerprint density at radius 3 is 2.47 bits per heavy atom. The van der Waals surface area contributed by atoms with Gasteiger partial charge in [0.2, 0.25) is 0 Å². The molecular formula is C16H18N2O. The SMILES string of the molecule is Cc1ccc(C(=O)N(C)Cc2ccccc2)cc1N. The molecule has 0 atom stereocenters. The van der Waals surface area contributed by atoms with Gasteiger partial charge in [0.05, 0.1) is 0 Å². The minimum atomic E-state index is -0.0180. The number of carbonyl (C=O) groups is 1. The molecule has 19 heavy (non-hydrogen) atoms. The summed E-state index contributed by atoms with van der Waals surface area (Å²) in [6, 6.07) is 15.3. The van der Waals surface area contributed by atoms with Crippen LogP contribution in [-0.2, 0) is 6.54 Å². The van der Waals surface area contributed by atoms with Gasteiger partial charge >= 0.3 is 0 Å². The summed E-state index contributed by atoms with van der Waals surface area (Å²) in [5, 5.41) is 0. The molecule has 0 fully saturated rings. The van der Waals surface area contributed by atoms with Crippen molar-refractivity contribution < 1.29 is 4.79 Å². The van der Waals surface area contributed by atoms with Crippen molar-refractivity contribution in [1.82, 2.24) is 4.90 Å². The highest BCUT2D eigenvalue weighted by Gasteiger charge is 2.12. The first-order chi connectivity index (χ1) is 9.08. The van der Waals surface area contributed by atoms with Gasteiger partial charge in [-0.15, -0.1) is 0 Å². The first-order valence-electron chi connectivity index (χ1n) is 6.23. The minimum absolute atomic E-state index is 0.0180. The summed E-state index contributed by atoms with van der Waals surface area (Å²) in [6.45, 7) is 2.52. The van der Waals surface area contributed by atoms with Gasteiger partial charge in [0.25, 0.3) is 5.91 Å². The fraction of sp³-hybridized carbons (Fsp3) is 0.188. The van der Waals surface area contributed by atoms with Crippen molar-refractivity contribution in [2.75, 3.05) is 12.8 Å². The van der Waals surface area contributed by atoms with Crippen molar-refractivity contribution >= 4 is 11.6 Å². The minimum Gasteiger partial charge on any atom is -0.398 e. The lowest BCUT2D eigenvalue weighted by molar-refractivity contribution is 0.0785. The van der Waals surface area contributed by atoms with Crippen molar-refractivity contribution in [3.05, 3.63) is 65.2 Å². The Kier molecular flexibility index (Phi) is 3.85. The number of benzene rings is 2. The zero-order valence-electron chi connectivity index (χ0n) is 11.3. The van der Waals surface area contributed by atoms with E-state index in [1.54, 1.807) is 18.0 Å². The molecule has 0 saturated carbocycles. The van der Waals surface area contributed by atoms with E-state index in [-0.39, 0.29) is 5.91 Å². The Hall–Kier alpha value is -2.29. The second-order valence-corrected chi connectivity index (χ2v) is 4.72. The van der Waals surface area contributed by atoms with Gasteiger partial charge in [-0.3, -0.25) is 4.79 Å². The van der Waals surface area contributed by atoms with Gasteiger partial charge in [-0.25, -0.2) is 0 Å². The normalized spacial score (nSPS) is 10.2. The Morgan fingerprint density at radius 2 is 1.84 bits per heavy atom. The van der Waals surface area contributed by atoms with Gasteiger partial charge in [-0.1, -0.05) is 36.4 Å². The van der Waals surface area contributed by atoms with Crippen molar-refractivity contribution in [2.45, 2.75) is 13.5 Å². The summed E-state index contributed by atoms with van der Waals surface area (Å²) in [7, 11) is 1.80. The topological polar surface area (TPSA) is 46.3 Å². The molecule has 3 heteroatoms. The molecule has 0 radical (unpaired) electrons. The molecule has 0 aliphatic heterocycles. The van der Waals surface area contributed by atoms with Crippen LogP contribution in [0.2, 0.25) is 0 Å². The molecule has 1 amide bonds. The third-order valence-corrected chi connectivity index (χ3v) is 3.14. The molecule has 2 N–H and O–H groups in total. The van der Waals surface area contributed by atoms with Gasteiger partial charge in [0, 0.05) is 24.8 Å². The maximum absolute atomic E-state index is 12.3. The van der Waals surface area contributed by atoms with E-state index in [9.17, 15) is 4.79 Å². The van der Waals surface area contributed by atoms with E-state index in [1.165, 1.54) is 0 Å². The summed E-state index contributed by atoms with van der Waals surface area (Å²) in [6.07, 6.45) is 0. The number of hydrogen-bond donors (Lipinski definition) is 1. The summed E-state index contributed by atoms with van der Waals surface area (Å²) in [5.41, 5.74) is 9.22. The predicted molar refractivity (Wildman–Crippen MR) is 77.8 cm³/mol. The maximum atomic E-state index is 12.3. The standard InChI is InChI=1S/C16H18N2O/c1-12-8-9-14(10-15(12)17)16(19)18(2)11-13-6-4-3-5-7-13/h3-10H,11,17H2,1-2H3. The molecule has 0 saturated heterocycles. The molecule has 2 aromatic carbocycles. The number of rotatable bonds is 3. The van der Waals surface area contributed by atoms with Crippen molar-refractivity contribution in [3.63, 3.8) is 0 Å². The number of anilines is 1. The Labute approximate surface area is 113 Å².